The summed E-state index contributed by atoms with van der Waals surface area (Å²) in [7, 11) is -3.42. The maximum Gasteiger partial charge on any atom is 0.258 e. The van der Waals surface area contributed by atoms with Crippen molar-refractivity contribution in [2.75, 3.05) is 6.54 Å². The van der Waals surface area contributed by atoms with Gasteiger partial charge in [0, 0.05) is 12.2 Å². The summed E-state index contributed by atoms with van der Waals surface area (Å²) in [6, 6.07) is 4.96. The van der Waals surface area contributed by atoms with E-state index in [-0.39, 0.29) is 5.03 Å². The second kappa shape index (κ2) is 5.23. The molecule has 1 heterocycles. The highest BCUT2D eigenvalue weighted by molar-refractivity contribution is 7.89. The van der Waals surface area contributed by atoms with Crippen LogP contribution in [0.4, 0.5) is 0 Å². The maximum absolute atomic E-state index is 11.7. The summed E-state index contributed by atoms with van der Waals surface area (Å²) in [5.74, 6) is 0. The number of aromatic nitrogens is 1. The van der Waals surface area contributed by atoms with Crippen LogP contribution in [-0.4, -0.2) is 19.9 Å². The van der Waals surface area contributed by atoms with Crippen LogP contribution in [0.15, 0.2) is 23.2 Å². The highest BCUT2D eigenvalue weighted by atomic mass is 32.2. The van der Waals surface area contributed by atoms with Crippen molar-refractivity contribution in [1.82, 2.24) is 9.71 Å². The second-order valence-electron chi connectivity index (χ2n) is 3.37. The van der Waals surface area contributed by atoms with E-state index >= 15 is 0 Å². The molecule has 0 radical (unpaired) electrons. The first-order valence-electron chi connectivity index (χ1n) is 4.99. The third-order valence-corrected chi connectivity index (χ3v) is 3.32. The van der Waals surface area contributed by atoms with Crippen LogP contribution in [-0.2, 0) is 10.0 Å². The molecule has 0 fully saturated rings. The van der Waals surface area contributed by atoms with Gasteiger partial charge in [0.15, 0.2) is 5.03 Å². The van der Waals surface area contributed by atoms with Crippen LogP contribution in [0.25, 0.3) is 0 Å². The van der Waals surface area contributed by atoms with Crippen molar-refractivity contribution < 1.29 is 8.42 Å². The molecule has 0 bridgehead atoms. The van der Waals surface area contributed by atoms with E-state index in [4.69, 9.17) is 0 Å². The number of unbranched alkanes of at least 4 members (excludes halogenated alkanes) is 1. The maximum atomic E-state index is 11.7. The van der Waals surface area contributed by atoms with Crippen LogP contribution in [0.2, 0.25) is 0 Å². The minimum Gasteiger partial charge on any atom is -0.240 e. The van der Waals surface area contributed by atoms with Gasteiger partial charge >= 0.3 is 0 Å². The molecule has 1 aromatic heterocycles. The van der Waals surface area contributed by atoms with Crippen molar-refractivity contribution in [3.63, 3.8) is 0 Å². The van der Waals surface area contributed by atoms with Crippen LogP contribution in [0.1, 0.15) is 25.5 Å². The Morgan fingerprint density at radius 3 is 2.73 bits per heavy atom. The highest BCUT2D eigenvalue weighted by Gasteiger charge is 2.14. The number of rotatable bonds is 5. The molecule has 0 saturated carbocycles. The van der Waals surface area contributed by atoms with Gasteiger partial charge in [0.05, 0.1) is 0 Å². The fraction of sp³-hybridized carbons (Fsp3) is 0.500. The van der Waals surface area contributed by atoms with E-state index in [0.29, 0.717) is 12.2 Å². The number of sulfonamides is 1. The van der Waals surface area contributed by atoms with Gasteiger partial charge in [-0.1, -0.05) is 19.4 Å². The van der Waals surface area contributed by atoms with Gasteiger partial charge in [0.2, 0.25) is 0 Å². The zero-order valence-corrected chi connectivity index (χ0v) is 9.84. The summed E-state index contributed by atoms with van der Waals surface area (Å²) in [6.45, 7) is 4.25. The van der Waals surface area contributed by atoms with Crippen molar-refractivity contribution >= 4 is 10.0 Å². The zero-order valence-electron chi connectivity index (χ0n) is 9.03. The van der Waals surface area contributed by atoms with E-state index in [2.05, 4.69) is 9.71 Å². The van der Waals surface area contributed by atoms with E-state index in [9.17, 15) is 8.42 Å². The minimum absolute atomic E-state index is 0.0959. The summed E-state index contributed by atoms with van der Waals surface area (Å²) in [5, 5.41) is 0.0959. The lowest BCUT2D eigenvalue weighted by atomic mass is 10.3. The Morgan fingerprint density at radius 1 is 1.40 bits per heavy atom. The molecule has 0 aliphatic heterocycles. The Kier molecular flexibility index (Phi) is 4.23. The Balaban J connectivity index is 2.77. The topological polar surface area (TPSA) is 59.1 Å². The lowest BCUT2D eigenvalue weighted by Crippen LogP contribution is -2.25. The SMILES string of the molecule is CCCCNS(=O)(=O)c1cccc(C)n1. The quantitative estimate of drug-likeness (QED) is 0.776. The van der Waals surface area contributed by atoms with E-state index in [1.807, 2.05) is 6.92 Å². The van der Waals surface area contributed by atoms with E-state index in [0.717, 1.165) is 12.8 Å². The van der Waals surface area contributed by atoms with Crippen molar-refractivity contribution in [2.24, 2.45) is 0 Å². The molecule has 84 valence electrons. The third-order valence-electron chi connectivity index (χ3n) is 1.96. The summed E-state index contributed by atoms with van der Waals surface area (Å²) < 4.78 is 25.9. The molecule has 0 aliphatic carbocycles. The van der Waals surface area contributed by atoms with Crippen molar-refractivity contribution in [3.05, 3.63) is 23.9 Å². The molecule has 4 nitrogen and oxygen atoms in total. The molecule has 1 N–H and O–H groups in total. The Hall–Kier alpha value is -0.940. The van der Waals surface area contributed by atoms with Gasteiger partial charge in [-0.15, -0.1) is 0 Å². The highest BCUT2D eigenvalue weighted by Crippen LogP contribution is 2.05. The lowest BCUT2D eigenvalue weighted by Gasteiger charge is -2.05. The van der Waals surface area contributed by atoms with Crippen LogP contribution in [0.5, 0.6) is 0 Å². The van der Waals surface area contributed by atoms with Gasteiger partial charge in [-0.25, -0.2) is 18.1 Å². The Morgan fingerprint density at radius 2 is 2.13 bits per heavy atom. The van der Waals surface area contributed by atoms with Crippen LogP contribution in [0.3, 0.4) is 0 Å². The smallest absolute Gasteiger partial charge is 0.240 e. The summed E-state index contributed by atoms with van der Waals surface area (Å²) >= 11 is 0. The van der Waals surface area contributed by atoms with Crippen molar-refractivity contribution in [3.8, 4) is 0 Å². The van der Waals surface area contributed by atoms with E-state index < -0.39 is 10.0 Å². The second-order valence-corrected chi connectivity index (χ2v) is 5.08. The molecule has 0 amide bonds. The predicted molar refractivity (Wildman–Crippen MR) is 59.1 cm³/mol. The molecule has 0 aromatic carbocycles. The summed E-state index contributed by atoms with van der Waals surface area (Å²) in [6.07, 6.45) is 1.80. The van der Waals surface area contributed by atoms with Gasteiger partial charge in [-0.05, 0) is 25.5 Å². The first-order chi connectivity index (χ1) is 7.06. The minimum atomic E-state index is -3.42. The molecule has 15 heavy (non-hydrogen) atoms. The molecule has 0 aliphatic rings. The number of nitrogens with zero attached hydrogens (tertiary/aromatic N) is 1. The van der Waals surface area contributed by atoms with Crippen LogP contribution >= 0.6 is 0 Å². The van der Waals surface area contributed by atoms with Crippen LogP contribution < -0.4 is 4.72 Å². The lowest BCUT2D eigenvalue weighted by molar-refractivity contribution is 0.574. The fourth-order valence-electron chi connectivity index (χ4n) is 1.12. The van der Waals surface area contributed by atoms with Gasteiger partial charge in [0.1, 0.15) is 0 Å². The molecular formula is C10H16N2O2S. The molecule has 1 aromatic rings. The van der Waals surface area contributed by atoms with Gasteiger partial charge in [0.25, 0.3) is 10.0 Å². The number of hydrogen-bond acceptors (Lipinski definition) is 3. The Bertz CT molecular complexity index is 415. The van der Waals surface area contributed by atoms with E-state index in [1.165, 1.54) is 6.07 Å². The van der Waals surface area contributed by atoms with E-state index in [1.54, 1.807) is 19.1 Å². The molecule has 1 rings (SSSR count). The first kappa shape index (κ1) is 12.1. The monoisotopic (exact) mass is 228 g/mol. The number of nitrogens with one attached hydrogen (secondary N) is 1. The molecule has 0 saturated heterocycles. The van der Waals surface area contributed by atoms with Gasteiger partial charge in [-0.3, -0.25) is 0 Å². The molecular weight excluding hydrogens is 212 g/mol. The van der Waals surface area contributed by atoms with Gasteiger partial charge in [-0.2, -0.15) is 0 Å². The first-order valence-corrected chi connectivity index (χ1v) is 6.48. The number of aryl methyl sites for hydroxylation is 1. The molecule has 0 spiro atoms. The molecule has 0 atom stereocenters. The molecule has 0 unspecified atom stereocenters. The Labute approximate surface area is 90.8 Å². The standard InChI is InChI=1S/C10H16N2O2S/c1-3-4-8-11-15(13,14)10-7-5-6-9(2)12-10/h5-7,11H,3-4,8H2,1-2H3. The van der Waals surface area contributed by atoms with Crippen LogP contribution in [0, 0.1) is 6.92 Å². The predicted octanol–water partition coefficient (Wildman–Crippen LogP) is 1.47. The summed E-state index contributed by atoms with van der Waals surface area (Å²) in [5.41, 5.74) is 0.702. The summed E-state index contributed by atoms with van der Waals surface area (Å²) in [4.78, 5) is 3.97. The third kappa shape index (κ3) is 3.60. The average Bonchev–Trinajstić information content (AvgIpc) is 2.18. The fourth-order valence-corrected chi connectivity index (χ4v) is 2.21. The number of pyridine rings is 1. The van der Waals surface area contributed by atoms with Crippen molar-refractivity contribution in [2.45, 2.75) is 31.7 Å². The largest absolute Gasteiger partial charge is 0.258 e. The van der Waals surface area contributed by atoms with Gasteiger partial charge < -0.3 is 0 Å². The average molecular weight is 228 g/mol. The molecule has 5 heteroatoms. The zero-order chi connectivity index (χ0) is 11.3. The normalized spacial score (nSPS) is 11.6. The van der Waals surface area contributed by atoms with Crippen molar-refractivity contribution in [1.29, 1.82) is 0 Å². The number of hydrogen-bond donors (Lipinski definition) is 1.